The first kappa shape index (κ1) is 17.6. The van der Waals surface area contributed by atoms with Gasteiger partial charge in [0, 0.05) is 18.7 Å². The number of rotatable bonds is 4. The average Bonchev–Trinajstić information content (AvgIpc) is 2.96. The Kier molecular flexibility index (Phi) is 5.55. The molecule has 5 heteroatoms. The first-order valence-electron chi connectivity index (χ1n) is 8.57. The van der Waals surface area contributed by atoms with Gasteiger partial charge in [-0.25, -0.2) is 9.78 Å². The molecule has 0 aliphatic heterocycles. The molecule has 132 valence electrons. The Balaban J connectivity index is 1.65. The topological polar surface area (TPSA) is 56.1 Å². The molecule has 0 aliphatic rings. The largest absolute Gasteiger partial charge is 0.436 e. The van der Waals surface area contributed by atoms with Gasteiger partial charge in [-0.3, -0.25) is 0 Å². The number of para-hydroxylation sites is 2. The van der Waals surface area contributed by atoms with Crippen LogP contribution in [0.2, 0.25) is 0 Å². The second-order valence-electron chi connectivity index (χ2n) is 5.84. The lowest BCUT2D eigenvalue weighted by molar-refractivity contribution is 0.160. The second-order valence-corrected chi connectivity index (χ2v) is 5.84. The van der Waals surface area contributed by atoms with Crippen molar-refractivity contribution >= 4 is 17.1 Å². The SMILES string of the molecule is CCNC(=O)OCC#Cc1ccc(Cn2c(C)nc3ccccc32)cc1. The van der Waals surface area contributed by atoms with E-state index in [0.29, 0.717) is 6.54 Å². The quantitative estimate of drug-likeness (QED) is 0.735. The van der Waals surface area contributed by atoms with Gasteiger partial charge in [0.1, 0.15) is 5.82 Å². The highest BCUT2D eigenvalue weighted by molar-refractivity contribution is 5.76. The molecule has 0 spiro atoms. The molecule has 0 saturated heterocycles. The van der Waals surface area contributed by atoms with E-state index in [2.05, 4.69) is 44.9 Å². The van der Waals surface area contributed by atoms with Crippen LogP contribution >= 0.6 is 0 Å². The average molecular weight is 347 g/mol. The number of fused-ring (bicyclic) bond motifs is 1. The summed E-state index contributed by atoms with van der Waals surface area (Å²) < 4.78 is 7.12. The van der Waals surface area contributed by atoms with Crippen LogP contribution in [-0.4, -0.2) is 28.8 Å². The predicted molar refractivity (Wildman–Crippen MR) is 102 cm³/mol. The van der Waals surface area contributed by atoms with Gasteiger partial charge >= 0.3 is 6.09 Å². The molecule has 3 aromatic rings. The Morgan fingerprint density at radius 1 is 1.19 bits per heavy atom. The number of aromatic nitrogens is 2. The summed E-state index contributed by atoms with van der Waals surface area (Å²) >= 11 is 0. The highest BCUT2D eigenvalue weighted by atomic mass is 16.5. The summed E-state index contributed by atoms with van der Waals surface area (Å²) in [6.45, 7) is 5.24. The van der Waals surface area contributed by atoms with E-state index in [1.165, 1.54) is 5.56 Å². The number of carbonyl (C=O) groups is 1. The van der Waals surface area contributed by atoms with Crippen molar-refractivity contribution in [3.8, 4) is 11.8 Å². The zero-order valence-electron chi connectivity index (χ0n) is 15.0. The normalized spacial score (nSPS) is 10.2. The molecule has 0 bridgehead atoms. The summed E-state index contributed by atoms with van der Waals surface area (Å²) in [5.41, 5.74) is 4.22. The molecule has 0 fully saturated rings. The van der Waals surface area contributed by atoms with Gasteiger partial charge in [-0.2, -0.15) is 0 Å². The summed E-state index contributed by atoms with van der Waals surface area (Å²) in [5.74, 6) is 6.83. The van der Waals surface area contributed by atoms with Crippen molar-refractivity contribution < 1.29 is 9.53 Å². The maximum Gasteiger partial charge on any atom is 0.408 e. The molecule has 1 amide bonds. The highest BCUT2D eigenvalue weighted by Gasteiger charge is 2.06. The van der Waals surface area contributed by atoms with Crippen LogP contribution in [0.4, 0.5) is 4.79 Å². The van der Waals surface area contributed by atoms with Gasteiger partial charge < -0.3 is 14.6 Å². The number of amides is 1. The third-order valence-electron chi connectivity index (χ3n) is 3.97. The van der Waals surface area contributed by atoms with E-state index in [1.807, 2.05) is 44.2 Å². The number of nitrogens with one attached hydrogen (secondary N) is 1. The number of alkyl carbamates (subject to hydrolysis) is 1. The van der Waals surface area contributed by atoms with E-state index in [9.17, 15) is 4.79 Å². The molecule has 0 unspecified atom stereocenters. The van der Waals surface area contributed by atoms with E-state index in [-0.39, 0.29) is 6.61 Å². The Hall–Kier alpha value is -3.26. The van der Waals surface area contributed by atoms with Gasteiger partial charge in [0.05, 0.1) is 11.0 Å². The first-order valence-corrected chi connectivity index (χ1v) is 8.57. The molecule has 2 aromatic carbocycles. The predicted octanol–water partition coefficient (Wildman–Crippen LogP) is 3.49. The Labute approximate surface area is 153 Å². The zero-order chi connectivity index (χ0) is 18.4. The standard InChI is InChI=1S/C21H21N3O2/c1-3-22-21(25)26-14-6-7-17-10-12-18(13-11-17)15-24-16(2)23-19-8-4-5-9-20(19)24/h4-5,8-13H,3,14-15H2,1-2H3,(H,22,25). The van der Waals surface area contributed by atoms with E-state index in [1.54, 1.807) is 0 Å². The molecular formula is C21H21N3O2. The summed E-state index contributed by atoms with van der Waals surface area (Å²) in [4.78, 5) is 15.8. The lowest BCUT2D eigenvalue weighted by atomic mass is 10.1. The van der Waals surface area contributed by atoms with Crippen LogP contribution in [0.5, 0.6) is 0 Å². The van der Waals surface area contributed by atoms with E-state index >= 15 is 0 Å². The molecule has 0 aliphatic carbocycles. The third kappa shape index (κ3) is 4.22. The minimum atomic E-state index is -0.444. The summed E-state index contributed by atoms with van der Waals surface area (Å²) in [6.07, 6.45) is -0.444. The van der Waals surface area contributed by atoms with Crippen LogP contribution in [0.25, 0.3) is 11.0 Å². The van der Waals surface area contributed by atoms with Crippen molar-refractivity contribution in [2.24, 2.45) is 0 Å². The number of hydrogen-bond acceptors (Lipinski definition) is 3. The molecule has 0 saturated carbocycles. The van der Waals surface area contributed by atoms with Crippen molar-refractivity contribution in [1.29, 1.82) is 0 Å². The number of aryl methyl sites for hydroxylation is 1. The van der Waals surface area contributed by atoms with Crippen LogP contribution in [0.1, 0.15) is 23.9 Å². The number of nitrogens with zero attached hydrogens (tertiary/aromatic N) is 2. The fourth-order valence-electron chi connectivity index (χ4n) is 2.71. The van der Waals surface area contributed by atoms with Crippen molar-refractivity contribution in [3.05, 3.63) is 65.5 Å². The number of benzene rings is 2. The molecule has 0 radical (unpaired) electrons. The van der Waals surface area contributed by atoms with Crippen molar-refractivity contribution in [3.63, 3.8) is 0 Å². The minimum absolute atomic E-state index is 0.0772. The summed E-state index contributed by atoms with van der Waals surface area (Å²) in [5, 5.41) is 2.55. The maximum atomic E-state index is 11.2. The van der Waals surface area contributed by atoms with Gasteiger partial charge in [0.2, 0.25) is 0 Å². The maximum absolute atomic E-state index is 11.2. The molecule has 26 heavy (non-hydrogen) atoms. The number of carbonyl (C=O) groups excluding carboxylic acids is 1. The molecule has 3 rings (SSSR count). The summed E-state index contributed by atoms with van der Waals surface area (Å²) in [7, 11) is 0. The molecule has 0 atom stereocenters. The van der Waals surface area contributed by atoms with Crippen LogP contribution in [0.3, 0.4) is 0 Å². The van der Waals surface area contributed by atoms with Gasteiger partial charge in [0.25, 0.3) is 0 Å². The highest BCUT2D eigenvalue weighted by Crippen LogP contribution is 2.17. The van der Waals surface area contributed by atoms with Crippen molar-refractivity contribution in [1.82, 2.24) is 14.9 Å². The van der Waals surface area contributed by atoms with Crippen LogP contribution in [0, 0.1) is 18.8 Å². The van der Waals surface area contributed by atoms with E-state index in [0.717, 1.165) is 29.0 Å². The lowest BCUT2D eigenvalue weighted by Gasteiger charge is -2.07. The fraction of sp³-hybridized carbons (Fsp3) is 0.238. The number of hydrogen-bond donors (Lipinski definition) is 1. The molecule has 5 nitrogen and oxygen atoms in total. The summed E-state index contributed by atoms with van der Waals surface area (Å²) in [6, 6.07) is 16.2. The van der Waals surface area contributed by atoms with E-state index < -0.39 is 6.09 Å². The monoisotopic (exact) mass is 347 g/mol. The van der Waals surface area contributed by atoms with Crippen molar-refractivity contribution in [2.75, 3.05) is 13.2 Å². The zero-order valence-corrected chi connectivity index (χ0v) is 15.0. The van der Waals surface area contributed by atoms with Crippen LogP contribution in [0.15, 0.2) is 48.5 Å². The molecular weight excluding hydrogens is 326 g/mol. The first-order chi connectivity index (χ1) is 12.7. The minimum Gasteiger partial charge on any atom is -0.436 e. The van der Waals surface area contributed by atoms with E-state index in [4.69, 9.17) is 4.74 Å². The third-order valence-corrected chi connectivity index (χ3v) is 3.97. The Morgan fingerprint density at radius 2 is 1.96 bits per heavy atom. The van der Waals surface area contributed by atoms with Gasteiger partial charge in [-0.15, -0.1) is 0 Å². The van der Waals surface area contributed by atoms with Crippen LogP contribution < -0.4 is 5.32 Å². The fourth-order valence-corrected chi connectivity index (χ4v) is 2.71. The molecule has 1 N–H and O–H groups in total. The number of imidazole rings is 1. The van der Waals surface area contributed by atoms with Crippen LogP contribution in [-0.2, 0) is 11.3 Å². The molecule has 1 aromatic heterocycles. The second kappa shape index (κ2) is 8.21. The van der Waals surface area contributed by atoms with Gasteiger partial charge in [-0.05, 0) is 43.7 Å². The van der Waals surface area contributed by atoms with Gasteiger partial charge in [-0.1, -0.05) is 36.1 Å². The lowest BCUT2D eigenvalue weighted by Crippen LogP contribution is -2.23. The Morgan fingerprint density at radius 3 is 2.73 bits per heavy atom. The number of ether oxygens (including phenoxy) is 1. The smallest absolute Gasteiger partial charge is 0.408 e. The van der Waals surface area contributed by atoms with Crippen molar-refractivity contribution in [2.45, 2.75) is 20.4 Å². The molecule has 1 heterocycles. The Bertz CT molecular complexity index is 962. The van der Waals surface area contributed by atoms with Gasteiger partial charge in [0.15, 0.2) is 6.61 Å².